The molecule has 592 valence electrons. The largest absolute Gasteiger partial charge is 0.455 e. The first-order chi connectivity index (χ1) is 62.9. The summed E-state index contributed by atoms with van der Waals surface area (Å²) >= 11 is 0. The molecule has 25 rings (SSSR count). The average molecular weight is 1620 g/mol. The molecule has 0 fully saturated rings. The van der Waals surface area contributed by atoms with Gasteiger partial charge >= 0.3 is 0 Å². The molecule has 0 spiro atoms. The highest BCUT2D eigenvalue weighted by atomic mass is 16.3. The monoisotopic (exact) mass is 1620 g/mol. The van der Waals surface area contributed by atoms with Gasteiger partial charge in [-0.3, -0.25) is 0 Å². The summed E-state index contributed by atoms with van der Waals surface area (Å²) in [4.78, 5) is 36.4. The van der Waals surface area contributed by atoms with Gasteiger partial charge in [-0.1, -0.05) is 370 Å². The van der Waals surface area contributed by atoms with E-state index in [1.807, 2.05) is 66.7 Å². The van der Waals surface area contributed by atoms with Crippen LogP contribution < -0.4 is 0 Å². The highest BCUT2D eigenvalue weighted by molar-refractivity contribution is 6.27. The quantitative estimate of drug-likeness (QED) is 0.104. The van der Waals surface area contributed by atoms with Gasteiger partial charge < -0.3 is 13.4 Å². The van der Waals surface area contributed by atoms with E-state index in [2.05, 4.69) is 375 Å². The lowest BCUT2D eigenvalue weighted by Crippen LogP contribution is -2.01. The van der Waals surface area contributed by atoms with Crippen LogP contribution in [0, 0.1) is 0 Å². The number of hydrogen-bond donors (Lipinski definition) is 0. The summed E-state index contributed by atoms with van der Waals surface area (Å²) in [6.07, 6.45) is 0. The first-order valence-electron chi connectivity index (χ1n) is 42.7. The van der Waals surface area contributed by atoms with E-state index in [9.17, 15) is 0 Å². The fourth-order valence-corrected chi connectivity index (χ4v) is 18.3. The fraction of sp³-hybridized carbons (Fsp3) is 0. The van der Waals surface area contributed by atoms with Gasteiger partial charge in [-0.2, -0.15) is 0 Å². The summed E-state index contributed by atoms with van der Waals surface area (Å²) < 4.78 is 15.7. The van der Waals surface area contributed by atoms with Gasteiger partial charge in [0.15, 0.2) is 23.3 Å². The summed E-state index contributed by atoms with van der Waals surface area (Å²) in [5, 5.41) is 13.3. The predicted molar refractivity (Wildman–Crippen MR) is 522 cm³/mol. The Morgan fingerprint density at radius 2 is 0.496 bits per heavy atom. The third-order valence-corrected chi connectivity index (χ3v) is 24.5. The van der Waals surface area contributed by atoms with E-state index in [0.29, 0.717) is 23.3 Å². The summed E-state index contributed by atoms with van der Waals surface area (Å²) in [5.74, 6) is 2.51. The summed E-state index contributed by atoms with van der Waals surface area (Å²) in [6.45, 7) is 0. The van der Waals surface area contributed by atoms with E-state index in [-0.39, 0.29) is 0 Å². The number of rotatable bonds is 13. The predicted octanol–water partition coefficient (Wildman–Crippen LogP) is 30.7. The SMILES string of the molecule is c1ccc(-c2ccc(-c3cc(-c4ccc(-c5cccc(-c6nc7ccc8ccccc8c7c7oc8ccccc8c67)c5)cc4)nc(-c4ccc(-c5ccccc5)cc4)n3)cc2)cc1.c1ccc(-c2nc(-c3ccc(-c4cccc(-c5nc6ccc7ccccc7c6c6oc7ccccc7c56)c4)cc3)nc(-c3cccc(-n4c5ccccc5c5ccccc54)c3)n2)cc1. The molecule has 10 heteroatoms. The molecule has 0 N–H and O–H groups in total. The Morgan fingerprint density at radius 1 is 0.181 bits per heavy atom. The Bertz CT molecular complexity index is 8450. The zero-order valence-corrected chi connectivity index (χ0v) is 68.5. The van der Waals surface area contributed by atoms with E-state index < -0.39 is 0 Å². The summed E-state index contributed by atoms with van der Waals surface area (Å²) in [7, 11) is 0. The van der Waals surface area contributed by atoms with Crippen LogP contribution in [0.5, 0.6) is 0 Å². The van der Waals surface area contributed by atoms with Crippen LogP contribution in [0.4, 0.5) is 0 Å². The molecule has 10 nitrogen and oxygen atoms in total. The molecule has 0 unspecified atom stereocenters. The second kappa shape index (κ2) is 31.0. The van der Waals surface area contributed by atoms with E-state index in [1.165, 1.54) is 21.9 Å². The molecule has 0 atom stereocenters. The van der Waals surface area contributed by atoms with Gasteiger partial charge in [0, 0.05) is 71.7 Å². The van der Waals surface area contributed by atoms with Gasteiger partial charge in [0.05, 0.1) is 66.4 Å². The molecule has 0 radical (unpaired) electrons. The standard InChI is InChI=1S/C59H37N3O.C58H35N5O/c1-3-12-38(13-4-1)40-22-28-44(29-23-40)52-37-53(62-59(61-52)46-32-26-41(27-33-46)39-14-5-2-6-15-39)45-30-24-42(25-31-45)47-17-11-18-48(36-47)57-56-50-20-9-10-21-54(50)63-58(56)55-49-19-8-7-16-43(49)34-35-51(55)60-57;1-2-15-38(16-3-1)56-60-57(62-58(61-56)42-19-13-20-43(35-42)63-49-25-9-6-22-45(49)46-23-7-10-26-50(46)63)39-30-28-36(29-31-39)40-17-12-18-41(34-40)54-53-47-24-8-11-27-51(47)64-55(53)52-44-21-5-4-14-37(44)32-33-48(52)59-54/h1-37H;1-35H. The minimum Gasteiger partial charge on any atom is -0.455 e. The maximum atomic E-state index is 6.68. The van der Waals surface area contributed by atoms with Crippen LogP contribution in [-0.2, 0) is 0 Å². The van der Waals surface area contributed by atoms with Crippen LogP contribution >= 0.6 is 0 Å². The first-order valence-corrected chi connectivity index (χ1v) is 42.7. The molecule has 127 heavy (non-hydrogen) atoms. The Labute approximate surface area is 730 Å². The molecule has 0 saturated heterocycles. The molecule has 0 amide bonds. The van der Waals surface area contributed by atoms with Crippen molar-refractivity contribution in [3.05, 3.63) is 437 Å². The highest BCUT2D eigenvalue weighted by Gasteiger charge is 2.25. The smallest absolute Gasteiger partial charge is 0.164 e. The van der Waals surface area contributed by atoms with Crippen LogP contribution in [0.3, 0.4) is 0 Å². The third-order valence-electron chi connectivity index (χ3n) is 24.5. The molecule has 0 saturated carbocycles. The second-order valence-electron chi connectivity index (χ2n) is 32.1. The average Bonchev–Trinajstić information content (AvgIpc) is 1.61. The van der Waals surface area contributed by atoms with Gasteiger partial charge in [-0.25, -0.2) is 34.9 Å². The Kier molecular flexibility index (Phi) is 18.0. The van der Waals surface area contributed by atoms with Gasteiger partial charge in [-0.05, 0) is 133 Å². The van der Waals surface area contributed by atoms with Gasteiger partial charge in [0.1, 0.15) is 22.3 Å². The number of aromatic nitrogens is 8. The van der Waals surface area contributed by atoms with Crippen molar-refractivity contribution in [3.8, 4) is 141 Å². The van der Waals surface area contributed by atoms with Gasteiger partial charge in [0.25, 0.3) is 0 Å². The van der Waals surface area contributed by atoms with Crippen molar-refractivity contribution in [2.75, 3.05) is 0 Å². The van der Waals surface area contributed by atoms with Crippen LogP contribution in [-0.4, -0.2) is 39.5 Å². The van der Waals surface area contributed by atoms with Crippen LogP contribution in [0.15, 0.2) is 446 Å². The minimum absolute atomic E-state index is 0.605. The fourth-order valence-electron chi connectivity index (χ4n) is 18.3. The van der Waals surface area contributed by atoms with Gasteiger partial charge in [0.2, 0.25) is 0 Å². The number of fused-ring (bicyclic) bond motifs is 17. The molecule has 0 bridgehead atoms. The number of pyridine rings is 2. The number of furan rings is 2. The van der Waals surface area contributed by atoms with Crippen molar-refractivity contribution in [1.82, 2.24) is 39.5 Å². The van der Waals surface area contributed by atoms with E-state index in [4.69, 9.17) is 43.7 Å². The Balaban J connectivity index is 0.000000142. The molecule has 7 heterocycles. The number of hydrogen-bond acceptors (Lipinski definition) is 9. The molecular weight excluding hydrogens is 1550 g/mol. The second-order valence-corrected chi connectivity index (χ2v) is 32.1. The van der Waals surface area contributed by atoms with E-state index >= 15 is 0 Å². The molecule has 0 aliphatic rings. The van der Waals surface area contributed by atoms with Crippen molar-refractivity contribution in [2.45, 2.75) is 0 Å². The molecule has 7 aromatic heterocycles. The highest BCUT2D eigenvalue weighted by Crippen LogP contribution is 2.46. The third kappa shape index (κ3) is 13.4. The normalized spacial score (nSPS) is 11.6. The molecule has 0 aliphatic carbocycles. The molecule has 0 aliphatic heterocycles. The van der Waals surface area contributed by atoms with Crippen LogP contribution in [0.2, 0.25) is 0 Å². The van der Waals surface area contributed by atoms with Crippen LogP contribution in [0.1, 0.15) is 0 Å². The lowest BCUT2D eigenvalue weighted by atomic mass is 9.96. The van der Waals surface area contributed by atoms with Gasteiger partial charge in [-0.15, -0.1) is 0 Å². The molecular formula is C117H72N8O2. The lowest BCUT2D eigenvalue weighted by molar-refractivity contribution is 0.672. The molecule has 18 aromatic carbocycles. The van der Waals surface area contributed by atoms with Crippen molar-refractivity contribution in [3.63, 3.8) is 0 Å². The van der Waals surface area contributed by atoms with Crippen molar-refractivity contribution in [2.24, 2.45) is 0 Å². The Morgan fingerprint density at radius 3 is 0.953 bits per heavy atom. The summed E-state index contributed by atoms with van der Waals surface area (Å²) in [6, 6.07) is 152. The van der Waals surface area contributed by atoms with E-state index in [0.717, 1.165) is 205 Å². The zero-order chi connectivity index (χ0) is 83.8. The number of nitrogens with zero attached hydrogens (tertiary/aromatic N) is 8. The number of para-hydroxylation sites is 4. The van der Waals surface area contributed by atoms with Crippen LogP contribution in [0.25, 0.3) is 250 Å². The maximum absolute atomic E-state index is 6.68. The van der Waals surface area contributed by atoms with E-state index in [1.54, 1.807) is 0 Å². The van der Waals surface area contributed by atoms with Crippen molar-refractivity contribution in [1.29, 1.82) is 0 Å². The summed E-state index contributed by atoms with van der Waals surface area (Å²) in [5.41, 5.74) is 28.9. The topological polar surface area (TPSA) is 121 Å². The van der Waals surface area contributed by atoms with Crippen molar-refractivity contribution < 1.29 is 8.83 Å². The zero-order valence-electron chi connectivity index (χ0n) is 68.5. The minimum atomic E-state index is 0.605. The molecule has 25 aromatic rings. The first kappa shape index (κ1) is 73.7. The maximum Gasteiger partial charge on any atom is 0.164 e. The van der Waals surface area contributed by atoms with Crippen molar-refractivity contribution >= 4 is 109 Å². The Hall–Kier alpha value is -17.2. The lowest BCUT2D eigenvalue weighted by Gasteiger charge is -2.12. The number of benzene rings is 18.